The molecule has 3 heterocycles. The minimum atomic E-state index is -2.70. The molecule has 166 valence electrons. The first-order valence-electron chi connectivity index (χ1n) is 10.9. The van der Waals surface area contributed by atoms with Gasteiger partial charge in [-0.15, -0.1) is 0 Å². The van der Waals surface area contributed by atoms with Crippen LogP contribution in [0.4, 0.5) is 19.3 Å². The van der Waals surface area contributed by atoms with Crippen molar-refractivity contribution in [2.45, 2.75) is 25.4 Å². The van der Waals surface area contributed by atoms with Crippen LogP contribution < -0.4 is 5.32 Å². The van der Waals surface area contributed by atoms with E-state index in [1.807, 2.05) is 4.90 Å². The number of hydrogen-bond donors (Lipinski definition) is 1. The van der Waals surface area contributed by atoms with E-state index in [1.165, 1.54) is 0 Å². The van der Waals surface area contributed by atoms with Crippen LogP contribution in [0.15, 0.2) is 60.7 Å². The molecule has 0 unspecified atom stereocenters. The summed E-state index contributed by atoms with van der Waals surface area (Å²) in [5, 5.41) is 2.92. The van der Waals surface area contributed by atoms with Gasteiger partial charge in [-0.2, -0.15) is 8.78 Å². The number of hydrogen-bond acceptors (Lipinski definition) is 3. The van der Waals surface area contributed by atoms with Gasteiger partial charge in [0, 0.05) is 43.5 Å². The molecule has 0 radical (unpaired) electrons. The highest BCUT2D eigenvalue weighted by molar-refractivity contribution is 5.90. The predicted molar refractivity (Wildman–Crippen MR) is 121 cm³/mol. The van der Waals surface area contributed by atoms with Gasteiger partial charge in [0.1, 0.15) is 5.82 Å². The number of amides is 2. The fraction of sp³-hybridized carbons (Fsp3) is 0.333. The van der Waals surface area contributed by atoms with Crippen LogP contribution in [-0.4, -0.2) is 57.6 Å². The van der Waals surface area contributed by atoms with Crippen LogP contribution in [-0.2, 0) is 0 Å². The number of benzene rings is 2. The Bertz CT molecular complexity index is 1130. The van der Waals surface area contributed by atoms with Crippen LogP contribution in [0, 0.1) is 0 Å². The molecule has 1 fully saturated rings. The molecule has 32 heavy (non-hydrogen) atoms. The van der Waals surface area contributed by atoms with Crippen molar-refractivity contribution in [2.24, 2.45) is 0 Å². The Hall–Kier alpha value is -3.26. The summed E-state index contributed by atoms with van der Waals surface area (Å²) in [4.78, 5) is 21.4. The topological polar surface area (TPSA) is 53.4 Å². The van der Waals surface area contributed by atoms with Crippen molar-refractivity contribution >= 4 is 22.8 Å². The molecular formula is C24H25F2N5O. The molecule has 0 aliphatic carbocycles. The van der Waals surface area contributed by atoms with Crippen LogP contribution in [0.2, 0.25) is 0 Å². The molecule has 0 bridgehead atoms. The van der Waals surface area contributed by atoms with Gasteiger partial charge in [-0.05, 0) is 49.2 Å². The second-order valence-electron chi connectivity index (χ2n) is 8.22. The van der Waals surface area contributed by atoms with Crippen molar-refractivity contribution in [1.82, 2.24) is 19.4 Å². The van der Waals surface area contributed by atoms with Crippen molar-refractivity contribution in [3.63, 3.8) is 0 Å². The van der Waals surface area contributed by atoms with Crippen molar-refractivity contribution in [3.8, 4) is 11.4 Å². The van der Waals surface area contributed by atoms with Gasteiger partial charge in [0.15, 0.2) is 0 Å². The lowest BCUT2D eigenvalue weighted by Crippen LogP contribution is -2.47. The predicted octanol–water partition coefficient (Wildman–Crippen LogP) is 4.97. The molecular weight excluding hydrogens is 412 g/mol. The number of aromatic nitrogens is 2. The Labute approximate surface area is 185 Å². The Kier molecular flexibility index (Phi) is 5.61. The third kappa shape index (κ3) is 3.98. The lowest BCUT2D eigenvalue weighted by atomic mass is 10.0. The van der Waals surface area contributed by atoms with Crippen molar-refractivity contribution in [1.29, 1.82) is 0 Å². The van der Waals surface area contributed by atoms with Gasteiger partial charge in [0.2, 0.25) is 0 Å². The van der Waals surface area contributed by atoms with E-state index in [4.69, 9.17) is 0 Å². The van der Waals surface area contributed by atoms with Crippen molar-refractivity contribution < 1.29 is 13.6 Å². The number of fused-ring (bicyclic) bond motifs is 1. The molecule has 2 aliphatic heterocycles. The van der Waals surface area contributed by atoms with Crippen molar-refractivity contribution in [3.05, 3.63) is 60.7 Å². The monoisotopic (exact) mass is 437 g/mol. The number of para-hydroxylation sites is 2. The lowest BCUT2D eigenvalue weighted by Gasteiger charge is -2.36. The summed E-state index contributed by atoms with van der Waals surface area (Å²) in [6, 6.07) is 14.1. The number of carbonyl (C=O) groups excluding carboxylic acids is 1. The van der Waals surface area contributed by atoms with Crippen LogP contribution in [0.1, 0.15) is 19.4 Å². The number of nitrogens with one attached hydrogen (secondary N) is 1. The summed E-state index contributed by atoms with van der Waals surface area (Å²) in [6.07, 6.45) is 6.33. The number of piperidine rings is 1. The zero-order valence-electron chi connectivity index (χ0n) is 17.6. The summed E-state index contributed by atoms with van der Waals surface area (Å²) in [5.74, 6) is 0.206. The van der Waals surface area contributed by atoms with Gasteiger partial charge < -0.3 is 10.2 Å². The first-order valence-corrected chi connectivity index (χ1v) is 10.9. The zero-order valence-corrected chi connectivity index (χ0v) is 17.6. The van der Waals surface area contributed by atoms with E-state index >= 15 is 0 Å². The van der Waals surface area contributed by atoms with Crippen LogP contribution in [0.5, 0.6) is 0 Å². The number of halogens is 2. The van der Waals surface area contributed by atoms with E-state index in [0.29, 0.717) is 28.3 Å². The Morgan fingerprint density at radius 3 is 2.38 bits per heavy atom. The fourth-order valence-electron chi connectivity index (χ4n) is 4.58. The van der Waals surface area contributed by atoms with E-state index < -0.39 is 6.55 Å². The number of likely N-dealkylation sites (tertiary alicyclic amines) is 1. The number of rotatable bonds is 4. The van der Waals surface area contributed by atoms with E-state index in [-0.39, 0.29) is 11.9 Å². The smallest absolute Gasteiger partial charge is 0.321 e. The third-order valence-corrected chi connectivity index (χ3v) is 6.30. The Balaban J connectivity index is 1.25. The largest absolute Gasteiger partial charge is 0.324 e. The molecule has 2 amide bonds. The third-order valence-electron chi connectivity index (χ3n) is 6.30. The van der Waals surface area contributed by atoms with Crippen molar-refractivity contribution in [2.75, 3.05) is 31.5 Å². The molecule has 2 aliphatic rings. The average molecular weight is 437 g/mol. The van der Waals surface area contributed by atoms with Crippen LogP contribution in [0.3, 0.4) is 0 Å². The number of nitrogens with zero attached hydrogens (tertiary/aromatic N) is 4. The summed E-state index contributed by atoms with van der Waals surface area (Å²) in [6.45, 7) is 0.758. The molecule has 8 heteroatoms. The van der Waals surface area contributed by atoms with E-state index in [0.717, 1.165) is 43.6 Å². The molecule has 0 atom stereocenters. The fourth-order valence-corrected chi connectivity index (χ4v) is 4.58. The van der Waals surface area contributed by atoms with Gasteiger partial charge in [0.25, 0.3) is 0 Å². The quantitative estimate of drug-likeness (QED) is 0.587. The summed E-state index contributed by atoms with van der Waals surface area (Å²) >= 11 is 0. The van der Waals surface area contributed by atoms with Gasteiger partial charge >= 0.3 is 12.6 Å². The molecule has 1 N–H and O–H groups in total. The molecule has 5 rings (SSSR count). The number of urea groups is 1. The first-order chi connectivity index (χ1) is 15.6. The molecule has 1 aromatic heterocycles. The number of anilines is 1. The van der Waals surface area contributed by atoms with Gasteiger partial charge in [-0.1, -0.05) is 24.3 Å². The van der Waals surface area contributed by atoms with E-state index in [1.54, 1.807) is 48.5 Å². The molecule has 6 nitrogen and oxygen atoms in total. The molecule has 1 saturated heterocycles. The molecule has 2 aromatic carbocycles. The van der Waals surface area contributed by atoms with Crippen LogP contribution >= 0.6 is 0 Å². The minimum Gasteiger partial charge on any atom is -0.324 e. The number of imidazole rings is 1. The van der Waals surface area contributed by atoms with Crippen LogP contribution in [0.25, 0.3) is 22.4 Å². The maximum Gasteiger partial charge on any atom is 0.321 e. The second-order valence-corrected chi connectivity index (χ2v) is 8.22. The lowest BCUT2D eigenvalue weighted by molar-refractivity contribution is 0.0764. The summed E-state index contributed by atoms with van der Waals surface area (Å²) < 4.78 is 28.4. The second kappa shape index (κ2) is 8.70. The number of carbonyl (C=O) groups is 1. The Morgan fingerprint density at radius 2 is 1.69 bits per heavy atom. The van der Waals surface area contributed by atoms with Gasteiger partial charge in [-0.25, -0.2) is 9.78 Å². The average Bonchev–Trinajstić information content (AvgIpc) is 3.48. The highest BCUT2D eigenvalue weighted by atomic mass is 19.3. The minimum absolute atomic E-state index is 0.129. The zero-order chi connectivity index (χ0) is 22.1. The molecule has 0 spiro atoms. The maximum atomic E-state index is 13.7. The maximum absolute atomic E-state index is 13.7. The highest BCUT2D eigenvalue weighted by Crippen LogP contribution is 2.30. The standard InChI is InChI=1S/C24H25F2N5O/c25-23(26)31-21-6-2-1-5-20(21)28-22(31)17-7-9-18(10-8-17)27-24(32)30-15-11-19(12-16-30)29-13-3-4-14-29/h1-10,19,23H,11-16H2,(H,27,32). The van der Waals surface area contributed by atoms with E-state index in [9.17, 15) is 13.6 Å². The molecule has 3 aromatic rings. The number of alkyl halides is 2. The normalized spacial score (nSPS) is 17.5. The summed E-state index contributed by atoms with van der Waals surface area (Å²) in [7, 11) is 0. The Morgan fingerprint density at radius 1 is 1.00 bits per heavy atom. The van der Waals surface area contributed by atoms with Gasteiger partial charge in [-0.3, -0.25) is 9.47 Å². The SMILES string of the molecule is O=C(Nc1ccc(-c2nc3ccccc3n2C(F)F)cc1)N1CCC(N2CC=CC2)CC1. The van der Waals surface area contributed by atoms with Gasteiger partial charge in [0.05, 0.1) is 11.0 Å². The van der Waals surface area contributed by atoms with E-state index in [2.05, 4.69) is 27.4 Å². The summed E-state index contributed by atoms with van der Waals surface area (Å²) in [5.41, 5.74) is 2.11. The first kappa shape index (κ1) is 20.6. The highest BCUT2D eigenvalue weighted by Gasteiger charge is 2.27. The molecule has 0 saturated carbocycles.